The van der Waals surface area contributed by atoms with Crippen molar-refractivity contribution >= 4 is 56.6 Å². The van der Waals surface area contributed by atoms with Gasteiger partial charge in [0, 0.05) is 35.3 Å². The van der Waals surface area contributed by atoms with Crippen LogP contribution in [0.15, 0.2) is 114 Å². The molecule has 0 saturated carbocycles. The predicted molar refractivity (Wildman–Crippen MR) is 196 cm³/mol. The van der Waals surface area contributed by atoms with Gasteiger partial charge < -0.3 is 9.80 Å². The molecule has 0 saturated heterocycles. The quantitative estimate of drug-likeness (QED) is 0.115. The molecule has 20 heteroatoms. The molecule has 0 aliphatic carbocycles. The van der Waals surface area contributed by atoms with Gasteiger partial charge in [-0.05, 0) is 76.6 Å². The van der Waals surface area contributed by atoms with Gasteiger partial charge in [-0.2, -0.15) is 39.5 Å². The van der Waals surface area contributed by atoms with Crippen molar-refractivity contribution in [3.05, 3.63) is 159 Å². The van der Waals surface area contributed by atoms with Crippen LogP contribution in [0, 0.1) is 11.6 Å². The van der Waals surface area contributed by atoms with Crippen LogP contribution in [0.1, 0.15) is 52.6 Å². The van der Waals surface area contributed by atoms with Crippen molar-refractivity contribution < 1.29 is 71.9 Å². The van der Waals surface area contributed by atoms with Crippen LogP contribution >= 0.6 is 15.9 Å². The van der Waals surface area contributed by atoms with E-state index in [0.717, 1.165) is 38.4 Å². The molecule has 7 nitrogen and oxygen atoms in total. The van der Waals surface area contributed by atoms with Crippen LogP contribution < -0.4 is 14.7 Å². The zero-order valence-electron chi connectivity index (χ0n) is 30.3. The number of alkyl halides is 10. The van der Waals surface area contributed by atoms with E-state index in [-0.39, 0.29) is 11.1 Å². The van der Waals surface area contributed by atoms with Gasteiger partial charge in [-0.1, -0.05) is 48.5 Å². The molecular formula is C40H24BrF12N3O4. The molecular weight excluding hydrogens is 894 g/mol. The number of nitrogens with zero attached hydrogens (tertiary/aromatic N) is 3. The first-order chi connectivity index (χ1) is 27.8. The number of carbonyl (C=O) groups is 4. The largest absolute Gasteiger partial charge is 0.435 e. The molecule has 5 rings (SSSR count). The van der Waals surface area contributed by atoms with Gasteiger partial charge in [-0.3, -0.25) is 19.2 Å². The molecule has 0 N–H and O–H groups in total. The molecule has 60 heavy (non-hydrogen) atoms. The first-order valence-corrected chi connectivity index (χ1v) is 17.5. The Morgan fingerprint density at radius 3 is 1.25 bits per heavy atom. The zero-order chi connectivity index (χ0) is 44.7. The van der Waals surface area contributed by atoms with Crippen molar-refractivity contribution in [2.75, 3.05) is 28.8 Å². The normalized spacial score (nSPS) is 12.2. The molecule has 5 aromatic rings. The van der Waals surface area contributed by atoms with E-state index in [1.54, 1.807) is 12.1 Å². The second kappa shape index (κ2) is 16.5. The molecule has 5 aromatic carbocycles. The standard InChI is InChI=1S/C40H24BrF12N3O4/c1-54(33(57)21-11-5-3-6-12-21)28-17-9-15-24(30(28)42)35(59)56(36(60)25-16-10-18-29(31(25)43)55(2)34(58)22-13-7-4-8-14-22)32-26(38(45,46)47)19-23(20-27(32)41)37(44,39(48,49)50)40(51,52)53/h3-20H,1-2H3. The molecule has 0 bridgehead atoms. The molecule has 0 fully saturated rings. The molecule has 0 unspecified atom stereocenters. The van der Waals surface area contributed by atoms with Gasteiger partial charge in [0.25, 0.3) is 23.6 Å². The van der Waals surface area contributed by atoms with Crippen LogP contribution in [0.3, 0.4) is 0 Å². The first-order valence-electron chi connectivity index (χ1n) is 16.7. The fourth-order valence-corrected chi connectivity index (χ4v) is 6.56. The van der Waals surface area contributed by atoms with E-state index in [2.05, 4.69) is 15.9 Å². The number of anilines is 3. The highest BCUT2D eigenvalue weighted by Gasteiger charge is 2.74. The van der Waals surface area contributed by atoms with Crippen LogP contribution in [-0.2, 0) is 11.8 Å². The van der Waals surface area contributed by atoms with Gasteiger partial charge in [0.1, 0.15) is 0 Å². The van der Waals surface area contributed by atoms with Crippen molar-refractivity contribution in [2.24, 2.45) is 0 Å². The molecule has 4 amide bonds. The third kappa shape index (κ3) is 8.19. The van der Waals surface area contributed by atoms with Crippen LogP contribution in [0.25, 0.3) is 0 Å². The molecule has 314 valence electrons. The minimum Gasteiger partial charge on any atom is -0.309 e. The molecule has 0 aromatic heterocycles. The lowest BCUT2D eigenvalue weighted by Crippen LogP contribution is -2.50. The third-order valence-electron chi connectivity index (χ3n) is 8.97. The van der Waals surface area contributed by atoms with E-state index in [0.29, 0.717) is 21.9 Å². The Kier molecular flexibility index (Phi) is 12.3. The number of halogens is 13. The first kappa shape index (κ1) is 44.9. The van der Waals surface area contributed by atoms with Gasteiger partial charge in [0.05, 0.1) is 33.8 Å². The summed E-state index contributed by atoms with van der Waals surface area (Å²) < 4.78 is 174. The van der Waals surface area contributed by atoms with E-state index in [1.165, 1.54) is 48.5 Å². The summed E-state index contributed by atoms with van der Waals surface area (Å²) >= 11 is 2.36. The Labute approximate surface area is 339 Å². The molecule has 0 aliphatic rings. The summed E-state index contributed by atoms with van der Waals surface area (Å²) in [5, 5.41) is 0. The van der Waals surface area contributed by atoms with E-state index in [9.17, 15) is 58.7 Å². The van der Waals surface area contributed by atoms with Gasteiger partial charge in [-0.15, -0.1) is 0 Å². The molecule has 0 spiro atoms. The number of hydrogen-bond acceptors (Lipinski definition) is 4. The summed E-state index contributed by atoms with van der Waals surface area (Å²) in [7, 11) is 2.06. The van der Waals surface area contributed by atoms with Crippen LogP contribution in [-0.4, -0.2) is 50.1 Å². The van der Waals surface area contributed by atoms with Crippen molar-refractivity contribution in [2.45, 2.75) is 24.2 Å². The number of imide groups is 1. The van der Waals surface area contributed by atoms with Gasteiger partial charge in [0.15, 0.2) is 11.6 Å². The van der Waals surface area contributed by atoms with Crippen LogP contribution in [0.2, 0.25) is 0 Å². The Morgan fingerprint density at radius 1 is 0.517 bits per heavy atom. The van der Waals surface area contributed by atoms with E-state index in [4.69, 9.17) is 0 Å². The van der Waals surface area contributed by atoms with Gasteiger partial charge >= 0.3 is 24.2 Å². The summed E-state index contributed by atoms with van der Waals surface area (Å²) in [6.07, 6.45) is -20.0. The second-order valence-corrected chi connectivity index (χ2v) is 13.5. The summed E-state index contributed by atoms with van der Waals surface area (Å²) in [4.78, 5) is 55.9. The number of amides is 4. The Bertz CT molecular complexity index is 2340. The van der Waals surface area contributed by atoms with Crippen molar-refractivity contribution in [3.63, 3.8) is 0 Å². The number of benzene rings is 5. The van der Waals surface area contributed by atoms with E-state index in [1.807, 2.05) is 0 Å². The van der Waals surface area contributed by atoms with Gasteiger partial charge in [-0.25, -0.2) is 18.1 Å². The number of hydrogen-bond donors (Lipinski definition) is 0. The smallest absolute Gasteiger partial charge is 0.309 e. The lowest BCUT2D eigenvalue weighted by Gasteiger charge is -2.32. The third-order valence-corrected chi connectivity index (χ3v) is 9.57. The second-order valence-electron chi connectivity index (χ2n) is 12.7. The summed E-state index contributed by atoms with van der Waals surface area (Å²) in [5.74, 6) is -9.41. The molecule has 0 aliphatic heterocycles. The lowest BCUT2D eigenvalue weighted by atomic mass is 9.91. The predicted octanol–water partition coefficient (Wildman–Crippen LogP) is 11.1. The summed E-state index contributed by atoms with van der Waals surface area (Å²) in [6, 6.07) is 17.6. The highest BCUT2D eigenvalue weighted by molar-refractivity contribution is 9.10. The fourth-order valence-electron chi connectivity index (χ4n) is 5.92. The Balaban J connectivity index is 1.79. The Morgan fingerprint density at radius 2 is 0.900 bits per heavy atom. The Hall–Kier alpha value is -6.18. The number of rotatable bonds is 8. The number of carbonyl (C=O) groups excluding carboxylic acids is 4. The fraction of sp³-hybridized carbons (Fsp3) is 0.150. The highest BCUT2D eigenvalue weighted by Crippen LogP contribution is 2.55. The average Bonchev–Trinajstić information content (AvgIpc) is 3.19. The van der Waals surface area contributed by atoms with Crippen LogP contribution in [0.5, 0.6) is 0 Å². The monoisotopic (exact) mass is 917 g/mol. The minimum absolute atomic E-state index is 0.0144. The summed E-state index contributed by atoms with van der Waals surface area (Å²) in [5.41, 5.74) is -17.9. The molecule has 0 heterocycles. The van der Waals surface area contributed by atoms with Crippen LogP contribution in [0.4, 0.5) is 69.7 Å². The summed E-state index contributed by atoms with van der Waals surface area (Å²) in [6.45, 7) is 0. The zero-order valence-corrected chi connectivity index (χ0v) is 31.9. The maximum Gasteiger partial charge on any atom is 0.435 e. The highest BCUT2D eigenvalue weighted by atomic mass is 79.9. The van der Waals surface area contributed by atoms with E-state index >= 15 is 13.2 Å². The minimum atomic E-state index is -6.93. The molecule has 0 atom stereocenters. The average molecular weight is 919 g/mol. The molecule has 0 radical (unpaired) electrons. The van der Waals surface area contributed by atoms with Crippen molar-refractivity contribution in [1.29, 1.82) is 0 Å². The SMILES string of the molecule is CN(C(=O)c1ccccc1)c1cccc(C(=O)N(C(=O)c2cccc(N(C)C(=O)c3ccccc3)c2F)c2c(Br)cc(C(F)(C(F)(F)F)C(F)(F)F)cc2C(F)(F)F)c1F. The van der Waals surface area contributed by atoms with Gasteiger partial charge in [0.2, 0.25) is 0 Å². The van der Waals surface area contributed by atoms with Crippen molar-refractivity contribution in [1.82, 2.24) is 0 Å². The maximum atomic E-state index is 16.4. The lowest BCUT2D eigenvalue weighted by molar-refractivity contribution is -0.348. The van der Waals surface area contributed by atoms with E-state index < -0.39 is 120 Å². The van der Waals surface area contributed by atoms with Crippen molar-refractivity contribution in [3.8, 4) is 0 Å². The topological polar surface area (TPSA) is 78.0 Å². The maximum absolute atomic E-state index is 16.4.